The van der Waals surface area contributed by atoms with E-state index in [2.05, 4.69) is 52.1 Å². The van der Waals surface area contributed by atoms with Gasteiger partial charge in [0.05, 0.1) is 17.9 Å². The fourth-order valence-corrected chi connectivity index (χ4v) is 3.48. The van der Waals surface area contributed by atoms with E-state index < -0.39 is 0 Å². The first kappa shape index (κ1) is 21.4. The number of rotatable bonds is 6. The van der Waals surface area contributed by atoms with Gasteiger partial charge in [-0.2, -0.15) is 5.10 Å². The van der Waals surface area contributed by atoms with Gasteiger partial charge < -0.3 is 10.6 Å². The van der Waals surface area contributed by atoms with Gasteiger partial charge in [-0.05, 0) is 29.6 Å². The number of benzene rings is 1. The van der Waals surface area contributed by atoms with Gasteiger partial charge in [-0.1, -0.05) is 38.1 Å². The van der Waals surface area contributed by atoms with Crippen molar-refractivity contribution in [2.45, 2.75) is 25.8 Å². The van der Waals surface area contributed by atoms with E-state index in [1.54, 1.807) is 18.4 Å². The van der Waals surface area contributed by atoms with Gasteiger partial charge in [0, 0.05) is 30.1 Å². The monoisotopic (exact) mass is 495 g/mol. The Balaban J connectivity index is 0.00000261. The minimum Gasteiger partial charge on any atom is -0.356 e. The summed E-state index contributed by atoms with van der Waals surface area (Å²) in [5.41, 5.74) is 2.08. The molecule has 0 aliphatic rings. The molecule has 0 saturated carbocycles. The van der Waals surface area contributed by atoms with Crippen molar-refractivity contribution in [2.75, 3.05) is 13.6 Å². The zero-order chi connectivity index (χ0) is 18.4. The summed E-state index contributed by atoms with van der Waals surface area (Å²) in [6.45, 7) is 5.91. The Kier molecular flexibility index (Phi) is 7.85. The number of aromatic nitrogens is 2. The first-order valence-electron chi connectivity index (χ1n) is 8.67. The molecule has 3 rings (SSSR count). The first-order chi connectivity index (χ1) is 12.6. The number of halogens is 1. The molecule has 5 nitrogen and oxygen atoms in total. The Morgan fingerprint density at radius 2 is 1.89 bits per heavy atom. The van der Waals surface area contributed by atoms with E-state index in [4.69, 9.17) is 0 Å². The molecule has 2 aromatic heterocycles. The van der Waals surface area contributed by atoms with Gasteiger partial charge >= 0.3 is 0 Å². The zero-order valence-electron chi connectivity index (χ0n) is 15.8. The van der Waals surface area contributed by atoms with Crippen LogP contribution in [0.4, 0.5) is 0 Å². The quantitative estimate of drug-likeness (QED) is 0.306. The molecule has 0 radical (unpaired) electrons. The molecular weight excluding hydrogens is 469 g/mol. The van der Waals surface area contributed by atoms with Crippen molar-refractivity contribution >= 4 is 41.3 Å². The van der Waals surface area contributed by atoms with E-state index in [1.807, 2.05) is 47.3 Å². The third-order valence-electron chi connectivity index (χ3n) is 4.21. The number of nitrogens with one attached hydrogen (secondary N) is 2. The molecule has 0 amide bonds. The molecule has 144 valence electrons. The van der Waals surface area contributed by atoms with Crippen LogP contribution < -0.4 is 10.6 Å². The summed E-state index contributed by atoms with van der Waals surface area (Å²) in [5, 5.41) is 13.5. The van der Waals surface area contributed by atoms with Gasteiger partial charge in [0.25, 0.3) is 0 Å². The first-order valence-corrected chi connectivity index (χ1v) is 9.55. The van der Waals surface area contributed by atoms with Gasteiger partial charge in [0.2, 0.25) is 0 Å². The summed E-state index contributed by atoms with van der Waals surface area (Å²) in [7, 11) is 1.79. The van der Waals surface area contributed by atoms with Crippen molar-refractivity contribution in [3.63, 3.8) is 0 Å². The third-order valence-corrected chi connectivity index (χ3v) is 5.45. The number of hydrogen-bond donors (Lipinski definition) is 2. The normalized spacial score (nSPS) is 11.7. The van der Waals surface area contributed by atoms with Crippen LogP contribution in [0.2, 0.25) is 0 Å². The summed E-state index contributed by atoms with van der Waals surface area (Å²) in [6.07, 6.45) is 1.97. The third kappa shape index (κ3) is 5.80. The number of thiophene rings is 1. The van der Waals surface area contributed by atoms with E-state index in [-0.39, 0.29) is 29.4 Å². The van der Waals surface area contributed by atoms with Crippen molar-refractivity contribution in [3.8, 4) is 5.69 Å². The second-order valence-electron chi connectivity index (χ2n) is 6.73. The minimum atomic E-state index is 0. The van der Waals surface area contributed by atoms with Crippen LogP contribution in [-0.2, 0) is 12.0 Å². The summed E-state index contributed by atoms with van der Waals surface area (Å²) in [6, 6.07) is 16.4. The lowest BCUT2D eigenvalue weighted by atomic mass is 9.91. The van der Waals surface area contributed by atoms with Gasteiger partial charge in [-0.3, -0.25) is 4.99 Å². The SMILES string of the molecule is CN=C(NCc1ccn(-c2ccccc2)n1)NCC(C)(C)c1cccs1.I. The molecule has 0 bridgehead atoms. The number of para-hydroxylation sites is 1. The number of aliphatic imine (C=N–C) groups is 1. The van der Waals surface area contributed by atoms with Crippen LogP contribution in [0.1, 0.15) is 24.4 Å². The van der Waals surface area contributed by atoms with Crippen molar-refractivity contribution in [2.24, 2.45) is 4.99 Å². The maximum atomic E-state index is 4.61. The molecule has 0 spiro atoms. The van der Waals surface area contributed by atoms with Crippen LogP contribution in [0, 0.1) is 0 Å². The van der Waals surface area contributed by atoms with E-state index >= 15 is 0 Å². The predicted molar refractivity (Wildman–Crippen MR) is 125 cm³/mol. The highest BCUT2D eigenvalue weighted by Gasteiger charge is 2.21. The van der Waals surface area contributed by atoms with Gasteiger partial charge in [-0.25, -0.2) is 4.68 Å². The van der Waals surface area contributed by atoms with Crippen molar-refractivity contribution in [1.82, 2.24) is 20.4 Å². The molecule has 0 atom stereocenters. The number of hydrogen-bond acceptors (Lipinski definition) is 3. The maximum absolute atomic E-state index is 4.61. The Morgan fingerprint density at radius 1 is 1.11 bits per heavy atom. The van der Waals surface area contributed by atoms with E-state index in [9.17, 15) is 0 Å². The van der Waals surface area contributed by atoms with E-state index in [1.165, 1.54) is 4.88 Å². The highest BCUT2D eigenvalue weighted by molar-refractivity contribution is 14.0. The number of guanidine groups is 1. The molecule has 7 heteroatoms. The highest BCUT2D eigenvalue weighted by Crippen LogP contribution is 2.26. The fourth-order valence-electron chi connectivity index (χ4n) is 2.63. The predicted octanol–water partition coefficient (Wildman–Crippen LogP) is 4.19. The van der Waals surface area contributed by atoms with Gasteiger partial charge in [0.1, 0.15) is 0 Å². The van der Waals surface area contributed by atoms with Crippen LogP contribution >= 0.6 is 35.3 Å². The average molecular weight is 495 g/mol. The molecule has 2 N–H and O–H groups in total. The lowest BCUT2D eigenvalue weighted by Gasteiger charge is -2.25. The number of nitrogens with zero attached hydrogens (tertiary/aromatic N) is 3. The molecule has 0 aliphatic carbocycles. The minimum absolute atomic E-state index is 0. The van der Waals surface area contributed by atoms with Crippen LogP contribution in [-0.4, -0.2) is 29.3 Å². The second kappa shape index (κ2) is 9.89. The van der Waals surface area contributed by atoms with Crippen LogP contribution in [0.15, 0.2) is 65.1 Å². The molecule has 27 heavy (non-hydrogen) atoms. The molecule has 0 saturated heterocycles. The molecule has 3 aromatic rings. The van der Waals surface area contributed by atoms with Crippen LogP contribution in [0.3, 0.4) is 0 Å². The van der Waals surface area contributed by atoms with Crippen molar-refractivity contribution in [1.29, 1.82) is 0 Å². The Labute approximate surface area is 181 Å². The fraction of sp³-hybridized carbons (Fsp3) is 0.300. The lowest BCUT2D eigenvalue weighted by Crippen LogP contribution is -2.43. The zero-order valence-corrected chi connectivity index (χ0v) is 19.0. The summed E-state index contributed by atoms with van der Waals surface area (Å²) < 4.78 is 1.88. The van der Waals surface area contributed by atoms with Gasteiger partial charge in [0.15, 0.2) is 5.96 Å². The lowest BCUT2D eigenvalue weighted by molar-refractivity contribution is 0.518. The Morgan fingerprint density at radius 3 is 2.56 bits per heavy atom. The summed E-state index contributed by atoms with van der Waals surface area (Å²) >= 11 is 1.79. The molecule has 1 aromatic carbocycles. The van der Waals surface area contributed by atoms with E-state index in [0.717, 1.165) is 23.9 Å². The maximum Gasteiger partial charge on any atom is 0.191 e. The molecular formula is C20H26IN5S. The Hall–Kier alpha value is -1.87. The van der Waals surface area contributed by atoms with Crippen LogP contribution in [0.5, 0.6) is 0 Å². The summed E-state index contributed by atoms with van der Waals surface area (Å²) in [5.74, 6) is 0.781. The molecule has 0 fully saturated rings. The average Bonchev–Trinajstić information content (AvgIpc) is 3.35. The molecule has 0 unspecified atom stereocenters. The topological polar surface area (TPSA) is 54.2 Å². The standard InChI is InChI=1S/C20H25N5S.HI/c1-20(2,18-10-7-13-26-18)15-23-19(21-3)22-14-16-11-12-25(24-16)17-8-5-4-6-9-17;/h4-13H,14-15H2,1-3H3,(H2,21,22,23);1H. The van der Waals surface area contributed by atoms with Crippen LogP contribution in [0.25, 0.3) is 5.69 Å². The van der Waals surface area contributed by atoms with E-state index in [0.29, 0.717) is 6.54 Å². The summed E-state index contributed by atoms with van der Waals surface area (Å²) in [4.78, 5) is 5.68. The van der Waals surface area contributed by atoms with Crippen molar-refractivity contribution < 1.29 is 0 Å². The Bertz CT molecular complexity index is 840. The largest absolute Gasteiger partial charge is 0.356 e. The van der Waals surface area contributed by atoms with Gasteiger partial charge in [-0.15, -0.1) is 35.3 Å². The van der Waals surface area contributed by atoms with Crippen molar-refractivity contribution in [3.05, 3.63) is 70.7 Å². The smallest absolute Gasteiger partial charge is 0.191 e. The highest BCUT2D eigenvalue weighted by atomic mass is 127. The molecule has 0 aliphatic heterocycles. The second-order valence-corrected chi connectivity index (χ2v) is 7.68. The molecule has 2 heterocycles.